The van der Waals surface area contributed by atoms with Gasteiger partial charge in [-0.1, -0.05) is 12.1 Å². The third-order valence-electron chi connectivity index (χ3n) is 3.21. The number of aryl methyl sites for hydroxylation is 2. The van der Waals surface area contributed by atoms with Crippen LogP contribution in [0, 0.1) is 13.8 Å². The molecule has 110 valence electrons. The van der Waals surface area contributed by atoms with Gasteiger partial charge in [0.25, 0.3) is 5.91 Å². The largest absolute Gasteiger partial charge is 0.492 e. The molecule has 1 amide bonds. The van der Waals surface area contributed by atoms with Crippen molar-refractivity contribution in [1.29, 1.82) is 0 Å². The Morgan fingerprint density at radius 2 is 1.95 bits per heavy atom. The molecule has 4 nitrogen and oxygen atoms in total. The van der Waals surface area contributed by atoms with E-state index in [1.165, 1.54) is 0 Å². The SMILES string of the molecule is CCOc1ccc(C(=O)Nc2cc(C)ccc2C)cc1N. The molecule has 2 rings (SSSR count). The minimum Gasteiger partial charge on any atom is -0.492 e. The highest BCUT2D eigenvalue weighted by Gasteiger charge is 2.10. The van der Waals surface area contributed by atoms with Crippen LogP contribution in [0.1, 0.15) is 28.4 Å². The fraction of sp³-hybridized carbons (Fsp3) is 0.235. The summed E-state index contributed by atoms with van der Waals surface area (Å²) in [5.74, 6) is 0.416. The second-order valence-corrected chi connectivity index (χ2v) is 4.96. The van der Waals surface area contributed by atoms with Crippen molar-refractivity contribution in [2.24, 2.45) is 0 Å². The van der Waals surface area contributed by atoms with E-state index in [1.54, 1.807) is 18.2 Å². The summed E-state index contributed by atoms with van der Waals surface area (Å²) in [5.41, 5.74) is 9.79. The molecule has 0 radical (unpaired) electrons. The van der Waals surface area contributed by atoms with Crippen LogP contribution in [0.3, 0.4) is 0 Å². The quantitative estimate of drug-likeness (QED) is 0.844. The lowest BCUT2D eigenvalue weighted by atomic mass is 10.1. The molecule has 2 aromatic carbocycles. The standard InChI is InChI=1S/C17H20N2O2/c1-4-21-16-8-7-13(10-14(16)18)17(20)19-15-9-11(2)5-6-12(15)3/h5-10H,4,18H2,1-3H3,(H,19,20). The zero-order valence-corrected chi connectivity index (χ0v) is 12.6. The van der Waals surface area contributed by atoms with Gasteiger partial charge in [-0.25, -0.2) is 0 Å². The number of carbonyl (C=O) groups excluding carboxylic acids is 1. The topological polar surface area (TPSA) is 64.3 Å². The molecule has 0 spiro atoms. The number of hydrogen-bond acceptors (Lipinski definition) is 3. The van der Waals surface area contributed by atoms with Crippen LogP contribution in [0.5, 0.6) is 5.75 Å². The Hall–Kier alpha value is -2.49. The van der Waals surface area contributed by atoms with Crippen LogP contribution in [0.4, 0.5) is 11.4 Å². The van der Waals surface area contributed by atoms with Gasteiger partial charge in [0.05, 0.1) is 12.3 Å². The van der Waals surface area contributed by atoms with E-state index in [0.717, 1.165) is 16.8 Å². The first-order valence-corrected chi connectivity index (χ1v) is 6.92. The van der Waals surface area contributed by atoms with Crippen LogP contribution >= 0.6 is 0 Å². The summed E-state index contributed by atoms with van der Waals surface area (Å²) in [7, 11) is 0. The first-order chi connectivity index (χ1) is 10.0. The number of nitrogens with one attached hydrogen (secondary N) is 1. The highest BCUT2D eigenvalue weighted by molar-refractivity contribution is 6.05. The fourth-order valence-corrected chi connectivity index (χ4v) is 2.04. The summed E-state index contributed by atoms with van der Waals surface area (Å²) in [6.07, 6.45) is 0. The number of benzene rings is 2. The lowest BCUT2D eigenvalue weighted by Crippen LogP contribution is -2.13. The van der Waals surface area contributed by atoms with E-state index in [1.807, 2.05) is 39.0 Å². The minimum absolute atomic E-state index is 0.182. The zero-order valence-electron chi connectivity index (χ0n) is 12.6. The van der Waals surface area contributed by atoms with Crippen LogP contribution in [0.25, 0.3) is 0 Å². The fourth-order valence-electron chi connectivity index (χ4n) is 2.04. The molecule has 0 saturated heterocycles. The Balaban J connectivity index is 2.20. The van der Waals surface area contributed by atoms with Gasteiger partial charge in [0, 0.05) is 11.3 Å². The summed E-state index contributed by atoms with van der Waals surface area (Å²) in [6.45, 7) is 6.38. The van der Waals surface area contributed by atoms with E-state index in [-0.39, 0.29) is 5.91 Å². The summed E-state index contributed by atoms with van der Waals surface area (Å²) in [5, 5.41) is 2.91. The van der Waals surface area contributed by atoms with E-state index >= 15 is 0 Å². The van der Waals surface area contributed by atoms with Gasteiger partial charge in [-0.05, 0) is 56.2 Å². The van der Waals surface area contributed by atoms with E-state index < -0.39 is 0 Å². The van der Waals surface area contributed by atoms with E-state index in [9.17, 15) is 4.79 Å². The molecule has 21 heavy (non-hydrogen) atoms. The number of hydrogen-bond donors (Lipinski definition) is 2. The van der Waals surface area contributed by atoms with E-state index in [4.69, 9.17) is 10.5 Å². The number of rotatable bonds is 4. The average Bonchev–Trinajstić information content (AvgIpc) is 2.45. The maximum absolute atomic E-state index is 12.3. The van der Waals surface area contributed by atoms with Gasteiger partial charge in [0.2, 0.25) is 0 Å². The molecule has 2 aromatic rings. The summed E-state index contributed by atoms with van der Waals surface area (Å²) >= 11 is 0. The van der Waals surface area contributed by atoms with Gasteiger partial charge in [-0.3, -0.25) is 4.79 Å². The van der Waals surface area contributed by atoms with Crippen molar-refractivity contribution in [2.75, 3.05) is 17.7 Å². The van der Waals surface area contributed by atoms with Crippen LogP contribution in [-0.2, 0) is 0 Å². The number of amides is 1. The molecule has 0 aromatic heterocycles. The molecule has 4 heteroatoms. The summed E-state index contributed by atoms with van der Waals surface area (Å²) in [6, 6.07) is 11.0. The molecule has 0 aliphatic carbocycles. The Morgan fingerprint density at radius 3 is 2.62 bits per heavy atom. The second-order valence-electron chi connectivity index (χ2n) is 4.96. The normalized spacial score (nSPS) is 10.2. The summed E-state index contributed by atoms with van der Waals surface area (Å²) < 4.78 is 5.37. The summed E-state index contributed by atoms with van der Waals surface area (Å²) in [4.78, 5) is 12.3. The van der Waals surface area contributed by atoms with Gasteiger partial charge in [0.15, 0.2) is 0 Å². The lowest BCUT2D eigenvalue weighted by molar-refractivity contribution is 0.102. The molecular formula is C17H20N2O2. The molecule has 0 aliphatic heterocycles. The first kappa shape index (κ1) is 14.9. The average molecular weight is 284 g/mol. The maximum Gasteiger partial charge on any atom is 0.255 e. The molecule has 0 unspecified atom stereocenters. The Labute approximate surface area is 124 Å². The highest BCUT2D eigenvalue weighted by Crippen LogP contribution is 2.23. The molecule has 0 atom stereocenters. The van der Waals surface area contributed by atoms with Gasteiger partial charge < -0.3 is 15.8 Å². The van der Waals surface area contributed by atoms with Crippen molar-refractivity contribution >= 4 is 17.3 Å². The van der Waals surface area contributed by atoms with Crippen LogP contribution < -0.4 is 15.8 Å². The predicted molar refractivity (Wildman–Crippen MR) is 85.9 cm³/mol. The van der Waals surface area contributed by atoms with E-state index in [2.05, 4.69) is 5.32 Å². The smallest absolute Gasteiger partial charge is 0.255 e. The molecule has 0 fully saturated rings. The number of anilines is 2. The van der Waals surface area contributed by atoms with Gasteiger partial charge in [-0.2, -0.15) is 0 Å². The number of nitrogens with two attached hydrogens (primary N) is 1. The zero-order chi connectivity index (χ0) is 15.4. The van der Waals surface area contributed by atoms with Crippen LogP contribution in [0.2, 0.25) is 0 Å². The number of ether oxygens (including phenoxy) is 1. The highest BCUT2D eigenvalue weighted by atomic mass is 16.5. The Morgan fingerprint density at radius 1 is 1.19 bits per heavy atom. The lowest BCUT2D eigenvalue weighted by Gasteiger charge is -2.11. The van der Waals surface area contributed by atoms with Gasteiger partial charge in [0.1, 0.15) is 5.75 Å². The molecule has 3 N–H and O–H groups in total. The molecule has 0 saturated carbocycles. The van der Waals surface area contributed by atoms with Crippen molar-refractivity contribution in [3.63, 3.8) is 0 Å². The first-order valence-electron chi connectivity index (χ1n) is 6.92. The maximum atomic E-state index is 12.3. The molecule has 0 aliphatic rings. The third-order valence-corrected chi connectivity index (χ3v) is 3.21. The number of carbonyl (C=O) groups is 1. The molecule has 0 heterocycles. The Kier molecular flexibility index (Phi) is 4.48. The van der Waals surface area contributed by atoms with Crippen LogP contribution in [-0.4, -0.2) is 12.5 Å². The predicted octanol–water partition coefficient (Wildman–Crippen LogP) is 3.54. The number of nitrogen functional groups attached to an aromatic ring is 1. The van der Waals surface area contributed by atoms with Crippen LogP contribution in [0.15, 0.2) is 36.4 Å². The minimum atomic E-state index is -0.182. The van der Waals surface area contributed by atoms with Crippen molar-refractivity contribution in [1.82, 2.24) is 0 Å². The van der Waals surface area contributed by atoms with Gasteiger partial charge in [-0.15, -0.1) is 0 Å². The Bertz CT molecular complexity index is 666. The third kappa shape index (κ3) is 3.54. The van der Waals surface area contributed by atoms with E-state index in [0.29, 0.717) is 23.6 Å². The molecular weight excluding hydrogens is 264 g/mol. The van der Waals surface area contributed by atoms with Gasteiger partial charge >= 0.3 is 0 Å². The second kappa shape index (κ2) is 6.31. The van der Waals surface area contributed by atoms with Crippen molar-refractivity contribution < 1.29 is 9.53 Å². The molecule has 0 bridgehead atoms. The monoisotopic (exact) mass is 284 g/mol. The van der Waals surface area contributed by atoms with Crippen molar-refractivity contribution in [3.05, 3.63) is 53.1 Å². The van der Waals surface area contributed by atoms with Crippen molar-refractivity contribution in [2.45, 2.75) is 20.8 Å². The van der Waals surface area contributed by atoms with Crippen molar-refractivity contribution in [3.8, 4) is 5.75 Å².